The molecule has 0 saturated heterocycles. The molecule has 0 radical (unpaired) electrons. The predicted octanol–water partition coefficient (Wildman–Crippen LogP) is 8.75. The van der Waals surface area contributed by atoms with Gasteiger partial charge in [-0.05, 0) is 64.7 Å². The highest BCUT2D eigenvalue weighted by Gasteiger charge is 2.13. The third-order valence-electron chi connectivity index (χ3n) is 5.66. The van der Waals surface area contributed by atoms with Gasteiger partial charge in [0.1, 0.15) is 0 Å². The number of hydrogen-bond donors (Lipinski definition) is 0. The van der Waals surface area contributed by atoms with Gasteiger partial charge in [0.25, 0.3) is 0 Å². The molecule has 0 aliphatic carbocycles. The molecule has 0 bridgehead atoms. The zero-order chi connectivity index (χ0) is 22.3. The summed E-state index contributed by atoms with van der Waals surface area (Å²) in [6.45, 7) is 0. The van der Waals surface area contributed by atoms with E-state index < -0.39 is 0 Å². The summed E-state index contributed by atoms with van der Waals surface area (Å²) in [5, 5.41) is 0. The van der Waals surface area contributed by atoms with Crippen LogP contribution in [0.4, 0.5) is 17.1 Å². The first kappa shape index (κ1) is 20.5. The second kappa shape index (κ2) is 9.84. The van der Waals surface area contributed by atoms with Crippen LogP contribution in [0.5, 0.6) is 0 Å². The minimum atomic E-state index is 1.13. The van der Waals surface area contributed by atoms with E-state index in [2.05, 4.69) is 157 Å². The molecule has 0 atom stereocenters. The molecule has 0 aliphatic rings. The van der Waals surface area contributed by atoms with E-state index in [0.717, 1.165) is 17.1 Å². The first-order valence-electron chi connectivity index (χ1n) is 11.2. The Morgan fingerprint density at radius 1 is 0.394 bits per heavy atom. The summed E-state index contributed by atoms with van der Waals surface area (Å²) >= 11 is 0. The molecule has 1 heteroatoms. The zero-order valence-corrected chi connectivity index (χ0v) is 18.4. The average molecular weight is 424 g/mol. The lowest BCUT2D eigenvalue weighted by molar-refractivity contribution is 1.28. The second-order valence-corrected chi connectivity index (χ2v) is 7.89. The van der Waals surface area contributed by atoms with Crippen LogP contribution in [0.15, 0.2) is 146 Å². The van der Waals surface area contributed by atoms with Crippen LogP contribution < -0.4 is 4.90 Å². The number of benzene rings is 5. The van der Waals surface area contributed by atoms with E-state index in [0.29, 0.717) is 0 Å². The highest BCUT2D eigenvalue weighted by atomic mass is 15.1. The Balaban J connectivity index is 1.57. The van der Waals surface area contributed by atoms with Gasteiger partial charge in [-0.25, -0.2) is 0 Å². The van der Waals surface area contributed by atoms with Crippen LogP contribution >= 0.6 is 0 Å². The lowest BCUT2D eigenvalue weighted by Crippen LogP contribution is -2.09. The van der Waals surface area contributed by atoms with Crippen LogP contribution in [0.1, 0.15) is 16.7 Å². The van der Waals surface area contributed by atoms with Crippen molar-refractivity contribution in [3.05, 3.63) is 162 Å². The van der Waals surface area contributed by atoms with E-state index in [1.165, 1.54) is 22.3 Å². The molecule has 0 fully saturated rings. The number of nitrogens with zero attached hydrogens (tertiary/aromatic N) is 1. The highest BCUT2D eigenvalue weighted by molar-refractivity contribution is 5.92. The van der Waals surface area contributed by atoms with Crippen molar-refractivity contribution < 1.29 is 0 Å². The van der Waals surface area contributed by atoms with Crippen LogP contribution in [-0.2, 0) is 0 Å². The third kappa shape index (κ3) is 4.78. The molecule has 0 spiro atoms. The number of rotatable bonds is 6. The summed E-state index contributed by atoms with van der Waals surface area (Å²) in [5.74, 6) is 0. The van der Waals surface area contributed by atoms with E-state index in [-0.39, 0.29) is 0 Å². The lowest BCUT2D eigenvalue weighted by Gasteiger charge is -2.25. The van der Waals surface area contributed by atoms with Crippen molar-refractivity contribution in [3.8, 4) is 0 Å². The molecule has 0 unspecified atom stereocenters. The minimum Gasteiger partial charge on any atom is -0.311 e. The Hall–Kier alpha value is -4.36. The summed E-state index contributed by atoms with van der Waals surface area (Å²) in [7, 11) is 0. The Bertz CT molecular complexity index is 1270. The van der Waals surface area contributed by atoms with Crippen LogP contribution in [0.2, 0.25) is 0 Å². The largest absolute Gasteiger partial charge is 0.311 e. The number of hydrogen-bond acceptors (Lipinski definition) is 1. The van der Waals surface area contributed by atoms with Gasteiger partial charge in [-0.3, -0.25) is 0 Å². The van der Waals surface area contributed by atoms with Gasteiger partial charge in [-0.15, -0.1) is 0 Å². The Labute approximate surface area is 195 Å². The third-order valence-corrected chi connectivity index (χ3v) is 5.66. The Kier molecular flexibility index (Phi) is 6.13. The molecule has 33 heavy (non-hydrogen) atoms. The summed E-state index contributed by atoms with van der Waals surface area (Å²) in [6.07, 6.45) is 2.26. The summed E-state index contributed by atoms with van der Waals surface area (Å²) in [6, 6.07) is 50.9. The van der Waals surface area contributed by atoms with Crippen LogP contribution in [-0.4, -0.2) is 0 Å². The fraction of sp³-hybridized carbons (Fsp3) is 0. The maximum atomic E-state index is 2.28. The minimum absolute atomic E-state index is 1.13. The zero-order valence-electron chi connectivity index (χ0n) is 18.4. The molecular weight excluding hydrogens is 398 g/mol. The van der Waals surface area contributed by atoms with Gasteiger partial charge >= 0.3 is 0 Å². The van der Waals surface area contributed by atoms with Crippen molar-refractivity contribution in [2.75, 3.05) is 4.90 Å². The van der Waals surface area contributed by atoms with Crippen molar-refractivity contribution >= 4 is 28.7 Å². The number of para-hydroxylation sites is 2. The number of anilines is 3. The van der Waals surface area contributed by atoms with Crippen molar-refractivity contribution in [2.24, 2.45) is 0 Å². The van der Waals surface area contributed by atoms with Crippen LogP contribution in [0.3, 0.4) is 0 Å². The predicted molar refractivity (Wildman–Crippen MR) is 141 cm³/mol. The van der Waals surface area contributed by atoms with Crippen molar-refractivity contribution in [1.82, 2.24) is 0 Å². The standard InChI is InChI=1S/C32H25N/c1-5-13-26(14-6-1)25-32(27-15-7-2-8-16-27)28-21-23-31(24-22-28)33(29-17-9-3-10-18-29)30-19-11-4-12-20-30/h1-25H/b32-25-. The van der Waals surface area contributed by atoms with Gasteiger partial charge < -0.3 is 4.90 Å². The monoisotopic (exact) mass is 423 g/mol. The first-order valence-corrected chi connectivity index (χ1v) is 11.2. The van der Waals surface area contributed by atoms with E-state index in [1.54, 1.807) is 0 Å². The van der Waals surface area contributed by atoms with Gasteiger partial charge in [-0.2, -0.15) is 0 Å². The van der Waals surface area contributed by atoms with E-state index in [1.807, 2.05) is 0 Å². The maximum Gasteiger partial charge on any atom is 0.0462 e. The quantitative estimate of drug-likeness (QED) is 0.247. The normalized spacial score (nSPS) is 11.2. The van der Waals surface area contributed by atoms with E-state index in [4.69, 9.17) is 0 Å². The van der Waals surface area contributed by atoms with Gasteiger partial charge in [-0.1, -0.05) is 109 Å². The fourth-order valence-corrected chi connectivity index (χ4v) is 4.06. The van der Waals surface area contributed by atoms with Crippen molar-refractivity contribution in [2.45, 2.75) is 0 Å². The molecule has 5 rings (SSSR count). The summed E-state index contributed by atoms with van der Waals surface area (Å²) in [4.78, 5) is 2.28. The molecule has 5 aromatic carbocycles. The summed E-state index contributed by atoms with van der Waals surface area (Å²) < 4.78 is 0. The van der Waals surface area contributed by atoms with Gasteiger partial charge in [0.15, 0.2) is 0 Å². The first-order chi connectivity index (χ1) is 16.4. The maximum absolute atomic E-state index is 2.28. The van der Waals surface area contributed by atoms with Crippen molar-refractivity contribution in [1.29, 1.82) is 0 Å². The molecule has 0 heterocycles. The lowest BCUT2D eigenvalue weighted by atomic mass is 9.95. The van der Waals surface area contributed by atoms with E-state index >= 15 is 0 Å². The molecule has 158 valence electrons. The average Bonchev–Trinajstić information content (AvgIpc) is 2.90. The molecule has 1 nitrogen and oxygen atoms in total. The Morgan fingerprint density at radius 2 is 0.788 bits per heavy atom. The van der Waals surface area contributed by atoms with Crippen LogP contribution in [0.25, 0.3) is 11.6 Å². The van der Waals surface area contributed by atoms with E-state index in [9.17, 15) is 0 Å². The fourth-order valence-electron chi connectivity index (χ4n) is 4.06. The molecule has 0 aliphatic heterocycles. The summed E-state index contributed by atoms with van der Waals surface area (Å²) in [5.41, 5.74) is 8.20. The molecular formula is C32H25N. The molecule has 0 N–H and O–H groups in total. The Morgan fingerprint density at radius 3 is 1.30 bits per heavy atom. The van der Waals surface area contributed by atoms with Gasteiger partial charge in [0, 0.05) is 17.1 Å². The molecule has 0 amide bonds. The smallest absolute Gasteiger partial charge is 0.0462 e. The topological polar surface area (TPSA) is 3.24 Å². The highest BCUT2D eigenvalue weighted by Crippen LogP contribution is 2.35. The SMILES string of the molecule is C(=C(\c1ccccc1)c1ccc(N(c2ccccc2)c2ccccc2)cc1)/c1ccccc1. The van der Waals surface area contributed by atoms with Crippen LogP contribution in [0, 0.1) is 0 Å². The second-order valence-electron chi connectivity index (χ2n) is 7.89. The van der Waals surface area contributed by atoms with Gasteiger partial charge in [0.05, 0.1) is 0 Å². The van der Waals surface area contributed by atoms with Crippen molar-refractivity contribution in [3.63, 3.8) is 0 Å². The molecule has 0 saturated carbocycles. The van der Waals surface area contributed by atoms with Gasteiger partial charge in [0.2, 0.25) is 0 Å². The molecule has 5 aromatic rings. The molecule has 0 aromatic heterocycles.